The Morgan fingerprint density at radius 1 is 0.875 bits per heavy atom. The number of aromatic nitrogens is 3. The van der Waals surface area contributed by atoms with Crippen LogP contribution in [0.1, 0.15) is 5.56 Å². The van der Waals surface area contributed by atoms with Crippen LogP contribution in [0.3, 0.4) is 0 Å². The van der Waals surface area contributed by atoms with Crippen LogP contribution in [0, 0.1) is 4.77 Å². The quantitative estimate of drug-likeness (QED) is 0.213. The van der Waals surface area contributed by atoms with Gasteiger partial charge in [-0.1, -0.05) is 48.5 Å². The molecule has 1 heterocycles. The van der Waals surface area contributed by atoms with E-state index in [1.54, 1.807) is 18.9 Å². The molecule has 158 valence electrons. The molecule has 5 rings (SSSR count). The predicted molar refractivity (Wildman–Crippen MR) is 130 cm³/mol. The van der Waals surface area contributed by atoms with E-state index in [-0.39, 0.29) is 0 Å². The first-order valence-corrected chi connectivity index (χ1v) is 10.4. The first-order valence-electron chi connectivity index (χ1n) is 10.0. The molecule has 1 N–H and O–H groups in total. The minimum Gasteiger partial charge on any atom is -0.493 e. The summed E-state index contributed by atoms with van der Waals surface area (Å²) in [6.07, 6.45) is 1.85. The Balaban J connectivity index is 1.67. The van der Waals surface area contributed by atoms with Crippen LogP contribution in [0.5, 0.6) is 11.5 Å². The van der Waals surface area contributed by atoms with E-state index in [4.69, 9.17) is 26.8 Å². The van der Waals surface area contributed by atoms with Crippen LogP contribution in [0.15, 0.2) is 77.9 Å². The lowest BCUT2D eigenvalue weighted by molar-refractivity contribution is 0.355. The molecule has 5 aromatic rings. The summed E-state index contributed by atoms with van der Waals surface area (Å²) >= 11 is 5.47. The SMILES string of the molecule is COc1ccc(-c2n[nH]c(=S)n2/N=C\c2c3ccccc3cc3ccccc23)cc1OC. The van der Waals surface area contributed by atoms with Crippen molar-refractivity contribution in [1.82, 2.24) is 14.9 Å². The molecule has 7 heteroatoms. The second-order valence-corrected chi connectivity index (χ2v) is 7.60. The van der Waals surface area contributed by atoms with Gasteiger partial charge in [-0.2, -0.15) is 14.9 Å². The molecule has 6 nitrogen and oxygen atoms in total. The van der Waals surface area contributed by atoms with Gasteiger partial charge in [-0.05, 0) is 58.0 Å². The number of ether oxygens (including phenoxy) is 2. The Hall–Kier alpha value is -3.97. The summed E-state index contributed by atoms with van der Waals surface area (Å²) in [5.74, 6) is 1.83. The number of aromatic amines is 1. The van der Waals surface area contributed by atoms with Crippen LogP contribution in [0.2, 0.25) is 0 Å². The highest BCUT2D eigenvalue weighted by atomic mass is 32.1. The Labute approximate surface area is 189 Å². The maximum absolute atomic E-state index is 5.47. The largest absolute Gasteiger partial charge is 0.493 e. The summed E-state index contributed by atoms with van der Waals surface area (Å²) in [5.41, 5.74) is 1.83. The highest BCUT2D eigenvalue weighted by molar-refractivity contribution is 7.71. The number of nitrogens with one attached hydrogen (secondary N) is 1. The Kier molecular flexibility index (Phi) is 5.17. The topological polar surface area (TPSA) is 64.4 Å². The van der Waals surface area contributed by atoms with Gasteiger partial charge in [0, 0.05) is 11.1 Å². The molecule has 0 aliphatic heterocycles. The highest BCUT2D eigenvalue weighted by Gasteiger charge is 2.13. The van der Waals surface area contributed by atoms with Crippen molar-refractivity contribution >= 4 is 40.0 Å². The van der Waals surface area contributed by atoms with Gasteiger partial charge in [0.05, 0.1) is 20.4 Å². The van der Waals surface area contributed by atoms with Crippen molar-refractivity contribution in [1.29, 1.82) is 0 Å². The van der Waals surface area contributed by atoms with E-state index in [1.165, 1.54) is 0 Å². The second-order valence-electron chi connectivity index (χ2n) is 7.21. The first-order chi connectivity index (χ1) is 15.7. The number of H-pyrrole nitrogens is 1. The molecular weight excluding hydrogens is 420 g/mol. The van der Waals surface area contributed by atoms with Crippen LogP contribution in [-0.2, 0) is 0 Å². The number of methoxy groups -OCH3 is 2. The molecule has 0 amide bonds. The Morgan fingerprint density at radius 2 is 1.53 bits per heavy atom. The average Bonchev–Trinajstić information content (AvgIpc) is 3.21. The van der Waals surface area contributed by atoms with Gasteiger partial charge in [0.25, 0.3) is 0 Å². The van der Waals surface area contributed by atoms with Gasteiger partial charge in [-0.25, -0.2) is 5.10 Å². The summed E-state index contributed by atoms with van der Waals surface area (Å²) in [4.78, 5) is 0. The van der Waals surface area contributed by atoms with Gasteiger partial charge in [0.2, 0.25) is 4.77 Å². The molecule has 32 heavy (non-hydrogen) atoms. The Bertz CT molecular complexity index is 1480. The maximum Gasteiger partial charge on any atom is 0.216 e. The molecule has 0 atom stereocenters. The number of nitrogens with zero attached hydrogens (tertiary/aromatic N) is 3. The average molecular weight is 441 g/mol. The predicted octanol–water partition coefficient (Wildman–Crippen LogP) is 5.81. The monoisotopic (exact) mass is 440 g/mol. The smallest absolute Gasteiger partial charge is 0.216 e. The van der Waals surface area contributed by atoms with Gasteiger partial charge in [-0.3, -0.25) is 0 Å². The summed E-state index contributed by atoms with van der Waals surface area (Å²) in [6.45, 7) is 0. The molecule has 4 aromatic carbocycles. The third-order valence-corrected chi connectivity index (χ3v) is 5.67. The third-order valence-electron chi connectivity index (χ3n) is 5.41. The van der Waals surface area contributed by atoms with Crippen molar-refractivity contribution in [3.63, 3.8) is 0 Å². The fraction of sp³-hybridized carbons (Fsp3) is 0.0800. The zero-order chi connectivity index (χ0) is 22.1. The van der Waals surface area contributed by atoms with Crippen LogP contribution >= 0.6 is 12.2 Å². The van der Waals surface area contributed by atoms with Gasteiger partial charge in [0.15, 0.2) is 17.3 Å². The van der Waals surface area contributed by atoms with E-state index in [2.05, 4.69) is 40.5 Å². The van der Waals surface area contributed by atoms with Crippen LogP contribution in [-0.4, -0.2) is 35.3 Å². The lowest BCUT2D eigenvalue weighted by Gasteiger charge is -2.09. The molecule has 0 saturated heterocycles. The highest BCUT2D eigenvalue weighted by Crippen LogP contribution is 2.32. The molecule has 0 saturated carbocycles. The van der Waals surface area contributed by atoms with Crippen molar-refractivity contribution < 1.29 is 9.47 Å². The molecule has 0 unspecified atom stereocenters. The maximum atomic E-state index is 5.47. The zero-order valence-electron chi connectivity index (χ0n) is 17.6. The van der Waals surface area contributed by atoms with Crippen molar-refractivity contribution in [2.75, 3.05) is 14.2 Å². The minimum absolute atomic E-state index is 0.399. The summed E-state index contributed by atoms with van der Waals surface area (Å²) in [7, 11) is 3.20. The van der Waals surface area contributed by atoms with E-state index in [0.29, 0.717) is 22.1 Å². The second kappa shape index (κ2) is 8.28. The van der Waals surface area contributed by atoms with E-state index in [0.717, 1.165) is 32.7 Å². The van der Waals surface area contributed by atoms with E-state index in [1.807, 2.05) is 48.7 Å². The van der Waals surface area contributed by atoms with Crippen molar-refractivity contribution in [3.8, 4) is 22.9 Å². The fourth-order valence-electron chi connectivity index (χ4n) is 3.86. The fourth-order valence-corrected chi connectivity index (χ4v) is 4.04. The zero-order valence-corrected chi connectivity index (χ0v) is 18.4. The molecular formula is C25H20N4O2S. The van der Waals surface area contributed by atoms with Crippen LogP contribution in [0.4, 0.5) is 0 Å². The summed E-state index contributed by atoms with van der Waals surface area (Å²) < 4.78 is 12.8. The van der Waals surface area contributed by atoms with Gasteiger partial charge in [0.1, 0.15) is 0 Å². The number of benzene rings is 4. The number of rotatable bonds is 5. The number of fused-ring (bicyclic) bond motifs is 2. The molecule has 0 bridgehead atoms. The first kappa shape index (κ1) is 20.0. The summed E-state index contributed by atoms with van der Waals surface area (Å²) in [5, 5.41) is 16.5. The van der Waals surface area contributed by atoms with Gasteiger partial charge in [-0.15, -0.1) is 0 Å². The molecule has 0 aliphatic carbocycles. The van der Waals surface area contributed by atoms with Crippen molar-refractivity contribution in [2.45, 2.75) is 0 Å². The standard InChI is InChI=1S/C25H20N4O2S/c1-30-22-12-11-18(14-23(22)31-2)24-27-28-25(32)29(24)26-15-21-19-9-5-3-7-16(19)13-17-8-4-6-10-20(17)21/h3-15H,1-2H3,(H,28,32)/b26-15-. The van der Waals surface area contributed by atoms with E-state index >= 15 is 0 Å². The third kappa shape index (κ3) is 3.42. The van der Waals surface area contributed by atoms with Gasteiger partial charge >= 0.3 is 0 Å². The van der Waals surface area contributed by atoms with E-state index < -0.39 is 0 Å². The van der Waals surface area contributed by atoms with Gasteiger partial charge < -0.3 is 9.47 Å². The minimum atomic E-state index is 0.399. The molecule has 0 spiro atoms. The van der Waals surface area contributed by atoms with Crippen LogP contribution in [0.25, 0.3) is 32.9 Å². The van der Waals surface area contributed by atoms with Crippen molar-refractivity contribution in [3.05, 3.63) is 83.1 Å². The van der Waals surface area contributed by atoms with Crippen LogP contribution < -0.4 is 9.47 Å². The normalized spacial score (nSPS) is 11.4. The molecule has 0 fully saturated rings. The van der Waals surface area contributed by atoms with Crippen molar-refractivity contribution in [2.24, 2.45) is 5.10 Å². The molecule has 0 radical (unpaired) electrons. The number of hydrogen-bond acceptors (Lipinski definition) is 5. The molecule has 1 aromatic heterocycles. The Morgan fingerprint density at radius 3 is 2.19 bits per heavy atom. The lowest BCUT2D eigenvalue weighted by Crippen LogP contribution is -1.97. The number of hydrogen-bond donors (Lipinski definition) is 1. The summed E-state index contributed by atoms with van der Waals surface area (Å²) in [6, 6.07) is 24.3. The van der Waals surface area contributed by atoms with E-state index in [9.17, 15) is 0 Å². The molecule has 0 aliphatic rings. The lowest BCUT2D eigenvalue weighted by atomic mass is 9.97.